The summed E-state index contributed by atoms with van der Waals surface area (Å²) in [5, 5.41) is 0. The van der Waals surface area contributed by atoms with Gasteiger partial charge in [-0.3, -0.25) is 0 Å². The summed E-state index contributed by atoms with van der Waals surface area (Å²) in [5.74, 6) is 0. The Labute approximate surface area is 58.3 Å². The largest absolute Gasteiger partial charge is 0.0991 e. The Balaban J connectivity index is 4.19. The van der Waals surface area contributed by atoms with Gasteiger partial charge in [0.15, 0.2) is 0 Å². The zero-order valence-corrected chi connectivity index (χ0v) is 6.86. The molecule has 0 aliphatic carbocycles. The number of hydrogen-bond donors (Lipinski definition) is 0. The van der Waals surface area contributed by atoms with E-state index < -0.39 is 0 Å². The Bertz CT molecular complexity index is 121. The van der Waals surface area contributed by atoms with Crippen LogP contribution in [-0.2, 0) is 0 Å². The van der Waals surface area contributed by atoms with Gasteiger partial charge in [0, 0.05) is 0 Å². The Morgan fingerprint density at radius 3 is 1.89 bits per heavy atom. The van der Waals surface area contributed by atoms with E-state index in [1.165, 1.54) is 5.57 Å². The molecule has 52 valence electrons. The van der Waals surface area contributed by atoms with Crippen LogP contribution in [0.25, 0.3) is 0 Å². The monoisotopic (exact) mass is 124 g/mol. The van der Waals surface area contributed by atoms with Crippen molar-refractivity contribution >= 4 is 0 Å². The van der Waals surface area contributed by atoms with Crippen molar-refractivity contribution in [3.63, 3.8) is 0 Å². The molecule has 0 saturated carbocycles. The van der Waals surface area contributed by atoms with Crippen LogP contribution in [0.1, 0.15) is 27.7 Å². The third-order valence-electron chi connectivity index (χ3n) is 1.55. The van der Waals surface area contributed by atoms with Gasteiger partial charge in [-0.25, -0.2) is 0 Å². The quantitative estimate of drug-likeness (QED) is 0.471. The van der Waals surface area contributed by atoms with E-state index in [1.807, 2.05) is 6.08 Å². The molecule has 0 bridgehead atoms. The van der Waals surface area contributed by atoms with Crippen LogP contribution in [0.2, 0.25) is 0 Å². The molecular weight excluding hydrogens is 108 g/mol. The molecule has 0 spiro atoms. The SMILES string of the molecule is C=CC=C(C)C(C)(C)C. The van der Waals surface area contributed by atoms with Crippen molar-refractivity contribution in [3.8, 4) is 0 Å². The fourth-order valence-corrected chi connectivity index (χ4v) is 0.427. The van der Waals surface area contributed by atoms with Crippen molar-refractivity contribution in [2.75, 3.05) is 0 Å². The first-order valence-electron chi connectivity index (χ1n) is 3.28. The van der Waals surface area contributed by atoms with Crippen molar-refractivity contribution in [1.29, 1.82) is 0 Å². The van der Waals surface area contributed by atoms with Crippen molar-refractivity contribution in [1.82, 2.24) is 0 Å². The first kappa shape index (κ1) is 8.48. The lowest BCUT2D eigenvalue weighted by Crippen LogP contribution is -2.05. The maximum atomic E-state index is 3.64. The van der Waals surface area contributed by atoms with E-state index in [4.69, 9.17) is 0 Å². The van der Waals surface area contributed by atoms with Gasteiger partial charge in [0.2, 0.25) is 0 Å². The predicted molar refractivity (Wildman–Crippen MR) is 43.4 cm³/mol. The summed E-state index contributed by atoms with van der Waals surface area (Å²) in [6.07, 6.45) is 3.89. The summed E-state index contributed by atoms with van der Waals surface area (Å²) in [6.45, 7) is 12.4. The molecule has 0 aromatic heterocycles. The highest BCUT2D eigenvalue weighted by Gasteiger charge is 2.10. The van der Waals surface area contributed by atoms with Crippen LogP contribution in [0.4, 0.5) is 0 Å². The molecule has 0 saturated heterocycles. The third kappa shape index (κ3) is 3.12. The highest BCUT2D eigenvalue weighted by Crippen LogP contribution is 2.23. The molecule has 0 radical (unpaired) electrons. The predicted octanol–water partition coefficient (Wildman–Crippen LogP) is 3.16. The van der Waals surface area contributed by atoms with Crippen LogP contribution < -0.4 is 0 Å². The molecule has 0 fully saturated rings. The van der Waals surface area contributed by atoms with E-state index in [1.54, 1.807) is 0 Å². The summed E-state index contributed by atoms with van der Waals surface area (Å²) >= 11 is 0. The maximum Gasteiger partial charge on any atom is -0.0173 e. The smallest absolute Gasteiger partial charge is 0.0173 e. The second-order valence-corrected chi connectivity index (χ2v) is 3.34. The molecule has 0 atom stereocenters. The standard InChI is InChI=1S/C9H16/c1-6-7-8(2)9(3,4)5/h6-7H,1H2,2-5H3. The van der Waals surface area contributed by atoms with Gasteiger partial charge in [-0.2, -0.15) is 0 Å². The summed E-state index contributed by atoms with van der Waals surface area (Å²) in [6, 6.07) is 0. The average Bonchev–Trinajstić information content (AvgIpc) is 1.64. The van der Waals surface area contributed by atoms with Crippen LogP contribution in [0.3, 0.4) is 0 Å². The molecule has 0 rings (SSSR count). The van der Waals surface area contributed by atoms with Gasteiger partial charge in [-0.15, -0.1) is 0 Å². The molecule has 0 heterocycles. The Morgan fingerprint density at radius 1 is 1.33 bits per heavy atom. The van der Waals surface area contributed by atoms with Crippen molar-refractivity contribution in [2.45, 2.75) is 27.7 Å². The Hall–Kier alpha value is -0.520. The first-order chi connectivity index (χ1) is 3.98. The average molecular weight is 124 g/mol. The lowest BCUT2D eigenvalue weighted by Gasteiger charge is -2.18. The molecule has 0 amide bonds. The topological polar surface area (TPSA) is 0 Å². The van der Waals surface area contributed by atoms with Crippen molar-refractivity contribution in [3.05, 3.63) is 24.3 Å². The second kappa shape index (κ2) is 2.86. The maximum absolute atomic E-state index is 3.64. The van der Waals surface area contributed by atoms with Gasteiger partial charge in [-0.05, 0) is 12.3 Å². The van der Waals surface area contributed by atoms with Crippen LogP contribution >= 0.6 is 0 Å². The van der Waals surface area contributed by atoms with Crippen molar-refractivity contribution < 1.29 is 0 Å². The molecule has 0 N–H and O–H groups in total. The summed E-state index contributed by atoms with van der Waals surface area (Å²) < 4.78 is 0. The summed E-state index contributed by atoms with van der Waals surface area (Å²) in [7, 11) is 0. The number of allylic oxidation sites excluding steroid dienone is 3. The van der Waals surface area contributed by atoms with Crippen LogP contribution in [0.15, 0.2) is 24.3 Å². The van der Waals surface area contributed by atoms with E-state index in [0.717, 1.165) is 0 Å². The van der Waals surface area contributed by atoms with E-state index >= 15 is 0 Å². The van der Waals surface area contributed by atoms with Crippen LogP contribution in [-0.4, -0.2) is 0 Å². The van der Waals surface area contributed by atoms with Crippen LogP contribution in [0, 0.1) is 5.41 Å². The minimum atomic E-state index is 0.300. The number of rotatable bonds is 1. The lowest BCUT2D eigenvalue weighted by atomic mass is 9.87. The molecule has 0 heteroatoms. The van der Waals surface area contributed by atoms with Gasteiger partial charge in [0.1, 0.15) is 0 Å². The summed E-state index contributed by atoms with van der Waals surface area (Å²) in [5.41, 5.74) is 1.67. The van der Waals surface area contributed by atoms with Gasteiger partial charge in [0.05, 0.1) is 0 Å². The third-order valence-corrected chi connectivity index (χ3v) is 1.55. The highest BCUT2D eigenvalue weighted by molar-refractivity contribution is 5.13. The minimum Gasteiger partial charge on any atom is -0.0991 e. The fourth-order valence-electron chi connectivity index (χ4n) is 0.427. The van der Waals surface area contributed by atoms with Gasteiger partial charge in [-0.1, -0.05) is 45.1 Å². The molecular formula is C9H16. The highest BCUT2D eigenvalue weighted by atomic mass is 14.2. The molecule has 0 nitrogen and oxygen atoms in total. The molecule has 0 aromatic carbocycles. The zero-order valence-electron chi connectivity index (χ0n) is 6.86. The molecule has 0 aromatic rings. The van der Waals surface area contributed by atoms with E-state index in [9.17, 15) is 0 Å². The number of hydrogen-bond acceptors (Lipinski definition) is 0. The summed E-state index contributed by atoms with van der Waals surface area (Å²) in [4.78, 5) is 0. The van der Waals surface area contributed by atoms with Gasteiger partial charge in [0.25, 0.3) is 0 Å². The minimum absolute atomic E-state index is 0.300. The lowest BCUT2D eigenvalue weighted by molar-refractivity contribution is 0.504. The fraction of sp³-hybridized carbons (Fsp3) is 0.556. The second-order valence-electron chi connectivity index (χ2n) is 3.34. The van der Waals surface area contributed by atoms with E-state index in [0.29, 0.717) is 5.41 Å². The molecule has 0 aliphatic heterocycles. The van der Waals surface area contributed by atoms with Gasteiger partial charge < -0.3 is 0 Å². The normalized spacial score (nSPS) is 13.6. The zero-order chi connectivity index (χ0) is 7.49. The Kier molecular flexibility index (Phi) is 2.69. The molecule has 9 heavy (non-hydrogen) atoms. The first-order valence-corrected chi connectivity index (χ1v) is 3.28. The van der Waals surface area contributed by atoms with Crippen LogP contribution in [0.5, 0.6) is 0 Å². The molecule has 0 aliphatic rings. The van der Waals surface area contributed by atoms with E-state index in [2.05, 4.69) is 40.3 Å². The Morgan fingerprint density at radius 2 is 1.78 bits per heavy atom. The van der Waals surface area contributed by atoms with E-state index in [-0.39, 0.29) is 0 Å². The van der Waals surface area contributed by atoms with Gasteiger partial charge >= 0.3 is 0 Å². The molecule has 0 unspecified atom stereocenters. The van der Waals surface area contributed by atoms with Crippen molar-refractivity contribution in [2.24, 2.45) is 5.41 Å².